The van der Waals surface area contributed by atoms with Gasteiger partial charge in [-0.25, -0.2) is 4.79 Å². The minimum Gasteiger partial charge on any atom is -0.457 e. The molecule has 1 aromatic rings. The van der Waals surface area contributed by atoms with Crippen LogP contribution in [0.15, 0.2) is 21.9 Å². The lowest BCUT2D eigenvalue weighted by Crippen LogP contribution is -2.41. The van der Waals surface area contributed by atoms with Gasteiger partial charge in [0.15, 0.2) is 12.3 Å². The zero-order chi connectivity index (χ0) is 23.5. The van der Waals surface area contributed by atoms with E-state index in [4.69, 9.17) is 33.0 Å². The summed E-state index contributed by atoms with van der Waals surface area (Å²) in [5.41, 5.74) is -1.25. The van der Waals surface area contributed by atoms with E-state index in [1.165, 1.54) is 26.3 Å². The number of esters is 1. The lowest BCUT2D eigenvalue weighted by molar-refractivity contribution is -0.154. The molecule has 1 saturated heterocycles. The minimum atomic E-state index is -1.77. The van der Waals surface area contributed by atoms with Crippen molar-refractivity contribution >= 4 is 14.6 Å². The Bertz CT molecular complexity index is 884. The molecule has 0 spiro atoms. The van der Waals surface area contributed by atoms with Crippen LogP contribution in [0.5, 0.6) is 0 Å². The van der Waals surface area contributed by atoms with Gasteiger partial charge in [-0.3, -0.25) is 19.1 Å². The average molecular weight is 473 g/mol. The molecule has 0 aromatic carbocycles. The molecule has 32 heavy (non-hydrogen) atoms. The SMILES string of the molecule is CCCCOP(OCCC#N)OC[C@H]1O[C@@H](n2ccc(=O)[nH]c2=O)C(OC)C1OC(C)=O. The molecule has 1 aliphatic heterocycles. The zero-order valence-corrected chi connectivity index (χ0v) is 19.1. The van der Waals surface area contributed by atoms with Crippen molar-refractivity contribution in [1.82, 2.24) is 9.55 Å². The van der Waals surface area contributed by atoms with E-state index in [9.17, 15) is 14.4 Å². The summed E-state index contributed by atoms with van der Waals surface area (Å²) in [5, 5.41) is 8.71. The molecule has 0 saturated carbocycles. The number of carbonyl (C=O) groups is 1. The number of carbonyl (C=O) groups excluding carboxylic acids is 1. The second kappa shape index (κ2) is 13.4. The smallest absolute Gasteiger partial charge is 0.332 e. The summed E-state index contributed by atoms with van der Waals surface area (Å²) in [5.74, 6) is -0.563. The lowest BCUT2D eigenvalue weighted by atomic mass is 10.1. The fourth-order valence-corrected chi connectivity index (χ4v) is 3.98. The van der Waals surface area contributed by atoms with Gasteiger partial charge in [-0.05, 0) is 6.42 Å². The highest BCUT2D eigenvalue weighted by atomic mass is 31.2. The van der Waals surface area contributed by atoms with Gasteiger partial charge in [0, 0.05) is 26.3 Å². The van der Waals surface area contributed by atoms with Gasteiger partial charge >= 0.3 is 20.3 Å². The zero-order valence-electron chi connectivity index (χ0n) is 18.2. The number of nitrogens with zero attached hydrogens (tertiary/aromatic N) is 2. The summed E-state index contributed by atoms with van der Waals surface area (Å²) >= 11 is 0. The molecule has 2 heterocycles. The molecule has 0 aliphatic carbocycles. The molecule has 12 nitrogen and oxygen atoms in total. The van der Waals surface area contributed by atoms with E-state index in [0.717, 1.165) is 17.4 Å². The predicted molar refractivity (Wildman–Crippen MR) is 111 cm³/mol. The van der Waals surface area contributed by atoms with Crippen molar-refractivity contribution in [2.75, 3.05) is 26.9 Å². The van der Waals surface area contributed by atoms with Crippen LogP contribution in [-0.2, 0) is 32.6 Å². The van der Waals surface area contributed by atoms with Crippen molar-refractivity contribution in [3.8, 4) is 6.07 Å². The summed E-state index contributed by atoms with van der Waals surface area (Å²) in [6.45, 7) is 3.74. The third-order valence-electron chi connectivity index (χ3n) is 4.43. The number of rotatable bonds is 13. The highest BCUT2D eigenvalue weighted by molar-refractivity contribution is 7.41. The molecule has 0 amide bonds. The van der Waals surface area contributed by atoms with Crippen molar-refractivity contribution in [3.63, 3.8) is 0 Å². The van der Waals surface area contributed by atoms with Crippen molar-refractivity contribution in [2.24, 2.45) is 0 Å². The maximum absolute atomic E-state index is 12.3. The highest BCUT2D eigenvalue weighted by Crippen LogP contribution is 2.42. The highest BCUT2D eigenvalue weighted by Gasteiger charge is 2.49. The van der Waals surface area contributed by atoms with Crippen molar-refractivity contribution < 1.29 is 32.6 Å². The Kier molecular flexibility index (Phi) is 11.0. The van der Waals surface area contributed by atoms with Gasteiger partial charge in [-0.2, -0.15) is 5.26 Å². The minimum absolute atomic E-state index is 0.0865. The topological polar surface area (TPSA) is 151 Å². The molecule has 3 unspecified atom stereocenters. The summed E-state index contributed by atoms with van der Waals surface area (Å²) < 4.78 is 34.9. The Balaban J connectivity index is 2.16. The number of hydrogen-bond acceptors (Lipinski definition) is 10. The lowest BCUT2D eigenvalue weighted by Gasteiger charge is -2.23. The Hall–Kier alpha value is -2.13. The molecule has 1 N–H and O–H groups in total. The van der Waals surface area contributed by atoms with E-state index in [0.29, 0.717) is 6.61 Å². The molecule has 2 rings (SSSR count). The van der Waals surface area contributed by atoms with E-state index >= 15 is 0 Å². The van der Waals surface area contributed by atoms with Crippen molar-refractivity contribution in [3.05, 3.63) is 33.1 Å². The van der Waals surface area contributed by atoms with Crippen LogP contribution in [0.25, 0.3) is 0 Å². The van der Waals surface area contributed by atoms with Crippen LogP contribution >= 0.6 is 8.60 Å². The van der Waals surface area contributed by atoms with E-state index in [-0.39, 0.29) is 19.6 Å². The first-order valence-corrected chi connectivity index (χ1v) is 11.2. The van der Waals surface area contributed by atoms with Gasteiger partial charge in [0.05, 0.1) is 32.3 Å². The molecule has 0 bridgehead atoms. The maximum Gasteiger partial charge on any atom is 0.332 e. The first kappa shape index (κ1) is 26.1. The van der Waals surface area contributed by atoms with Crippen LogP contribution < -0.4 is 11.2 Å². The fourth-order valence-electron chi connectivity index (χ4n) is 2.97. The number of nitrogens with one attached hydrogen (secondary N) is 1. The van der Waals surface area contributed by atoms with Crippen LogP contribution in [-0.4, -0.2) is 60.8 Å². The third-order valence-corrected chi connectivity index (χ3v) is 5.58. The normalized spacial score (nSPS) is 23.6. The van der Waals surface area contributed by atoms with Crippen LogP contribution in [0, 0.1) is 11.3 Å². The average Bonchev–Trinajstić information content (AvgIpc) is 3.08. The predicted octanol–water partition coefficient (Wildman–Crippen LogP) is 1.37. The van der Waals surface area contributed by atoms with E-state index in [1.807, 2.05) is 13.0 Å². The quantitative estimate of drug-likeness (QED) is 0.253. The Morgan fingerprint density at radius 2 is 2.03 bits per heavy atom. The number of ether oxygens (including phenoxy) is 3. The number of methoxy groups -OCH3 is 1. The number of nitriles is 1. The molecule has 5 atom stereocenters. The van der Waals surface area contributed by atoms with E-state index in [2.05, 4.69) is 4.98 Å². The number of unbranched alkanes of at least 4 members (excludes halogenated alkanes) is 1. The van der Waals surface area contributed by atoms with Crippen LogP contribution in [0.4, 0.5) is 0 Å². The third kappa shape index (κ3) is 7.48. The molecule has 178 valence electrons. The monoisotopic (exact) mass is 473 g/mol. The van der Waals surface area contributed by atoms with Crippen molar-refractivity contribution in [2.45, 2.75) is 57.6 Å². The van der Waals surface area contributed by atoms with Gasteiger partial charge < -0.3 is 27.8 Å². The first-order valence-electron chi connectivity index (χ1n) is 10.1. The van der Waals surface area contributed by atoms with Gasteiger partial charge in [0.1, 0.15) is 12.2 Å². The Morgan fingerprint density at radius 3 is 2.66 bits per heavy atom. The molecular weight excluding hydrogens is 445 g/mol. The summed E-state index contributed by atoms with van der Waals surface area (Å²) in [6, 6.07) is 3.15. The van der Waals surface area contributed by atoms with Gasteiger partial charge in [0.25, 0.3) is 5.56 Å². The Morgan fingerprint density at radius 1 is 1.28 bits per heavy atom. The fraction of sp³-hybridized carbons (Fsp3) is 0.684. The largest absolute Gasteiger partial charge is 0.457 e. The molecule has 1 aliphatic rings. The van der Waals surface area contributed by atoms with Crippen LogP contribution in [0.1, 0.15) is 39.3 Å². The number of H-pyrrole nitrogens is 1. The second-order valence-electron chi connectivity index (χ2n) is 6.80. The van der Waals surface area contributed by atoms with Crippen molar-refractivity contribution in [1.29, 1.82) is 5.26 Å². The first-order chi connectivity index (χ1) is 15.4. The summed E-state index contributed by atoms with van der Waals surface area (Å²) in [7, 11) is -0.373. The van der Waals surface area contributed by atoms with Gasteiger partial charge in [-0.1, -0.05) is 13.3 Å². The number of aromatic amines is 1. The second-order valence-corrected chi connectivity index (χ2v) is 8.03. The van der Waals surface area contributed by atoms with Crippen LogP contribution in [0.2, 0.25) is 0 Å². The van der Waals surface area contributed by atoms with Crippen LogP contribution in [0.3, 0.4) is 0 Å². The van der Waals surface area contributed by atoms with Gasteiger partial charge in [0.2, 0.25) is 0 Å². The molecular formula is C19H28N3O9P. The maximum atomic E-state index is 12.3. The van der Waals surface area contributed by atoms with Gasteiger partial charge in [-0.15, -0.1) is 0 Å². The summed E-state index contributed by atoms with van der Waals surface area (Å²) in [6.07, 6.45) is -0.345. The van der Waals surface area contributed by atoms with E-state index in [1.54, 1.807) is 0 Å². The summed E-state index contributed by atoms with van der Waals surface area (Å²) in [4.78, 5) is 37.5. The number of hydrogen-bond donors (Lipinski definition) is 1. The molecule has 1 fully saturated rings. The molecule has 1 aromatic heterocycles. The number of aromatic nitrogens is 2. The Labute approximate surface area is 186 Å². The standard InChI is InChI=1S/C19H28N3O9P/c1-4-5-10-27-32(28-11-6-8-20)29-12-14-16(30-13(2)23)17(26-3)18(31-14)22-9-7-15(24)21-19(22)25/h7,9,14,16-18H,4-6,10-12H2,1-3H3,(H,21,24,25)/t14-,16?,17?,18-,32?/m1/s1. The molecule has 0 radical (unpaired) electrons. The van der Waals surface area contributed by atoms with E-state index < -0.39 is 50.4 Å². The molecule has 13 heteroatoms.